The molecule has 0 radical (unpaired) electrons. The molecule has 284 valence electrons. The molecule has 3 N–H and O–H groups in total. The Morgan fingerprint density at radius 1 is 1.04 bits per heavy atom. The molecule has 1 fully saturated rings. The number of pyridine rings is 1. The summed E-state index contributed by atoms with van der Waals surface area (Å²) in [5, 5.41) is 8.76. The fourth-order valence-corrected chi connectivity index (χ4v) is 6.62. The number of unbranched alkanes of at least 4 members (excludes halogenated alkanes) is 1. The highest BCUT2D eigenvalue weighted by molar-refractivity contribution is 7.90. The van der Waals surface area contributed by atoms with Crippen molar-refractivity contribution in [1.82, 2.24) is 24.8 Å². The van der Waals surface area contributed by atoms with Crippen molar-refractivity contribution in [3.63, 3.8) is 0 Å². The molecule has 1 aliphatic rings. The van der Waals surface area contributed by atoms with E-state index in [0.717, 1.165) is 36.4 Å². The lowest BCUT2D eigenvalue weighted by molar-refractivity contribution is -0.141. The van der Waals surface area contributed by atoms with Gasteiger partial charge in [-0.05, 0) is 93.0 Å². The number of ether oxygens (including phenoxy) is 1. The zero-order chi connectivity index (χ0) is 38.4. The predicted molar refractivity (Wildman–Crippen MR) is 194 cm³/mol. The van der Waals surface area contributed by atoms with E-state index < -0.39 is 57.0 Å². The average Bonchev–Trinajstić information content (AvgIpc) is 3.83. The van der Waals surface area contributed by atoms with Crippen LogP contribution in [0.15, 0.2) is 73.1 Å². The van der Waals surface area contributed by atoms with Crippen molar-refractivity contribution >= 4 is 29.0 Å². The number of alkyl halides is 3. The van der Waals surface area contributed by atoms with Gasteiger partial charge < -0.3 is 19.9 Å². The van der Waals surface area contributed by atoms with Crippen molar-refractivity contribution < 1.29 is 36.4 Å². The molecule has 2 amide bonds. The average molecular weight is 757 g/mol. The normalized spacial score (nSPS) is 15.0. The predicted octanol–water partition coefficient (Wildman–Crippen LogP) is 8.19. The molecule has 1 aliphatic carbocycles. The molecule has 1 unspecified atom stereocenters. The van der Waals surface area contributed by atoms with E-state index in [9.17, 15) is 27.3 Å². The van der Waals surface area contributed by atoms with E-state index in [-0.39, 0.29) is 24.5 Å². The van der Waals surface area contributed by atoms with Gasteiger partial charge in [-0.1, -0.05) is 50.5 Å². The van der Waals surface area contributed by atoms with Crippen LogP contribution in [0.1, 0.15) is 99.1 Å². The molecular weight excluding hydrogens is 713 g/mol. The van der Waals surface area contributed by atoms with E-state index in [4.69, 9.17) is 4.74 Å². The lowest BCUT2D eigenvalue weighted by Crippen LogP contribution is -2.52. The van der Waals surface area contributed by atoms with Gasteiger partial charge in [0.05, 0.1) is 18.0 Å². The van der Waals surface area contributed by atoms with Gasteiger partial charge in [0.1, 0.15) is 21.8 Å². The lowest BCUT2D eigenvalue weighted by Gasteiger charge is -2.38. The van der Waals surface area contributed by atoms with Gasteiger partial charge in [0, 0.05) is 36.4 Å². The van der Waals surface area contributed by atoms with Gasteiger partial charge in [-0.3, -0.25) is 9.78 Å². The Hall–Kier alpha value is -4.47. The number of benzene rings is 2. The third-order valence-electron chi connectivity index (χ3n) is 8.86. The summed E-state index contributed by atoms with van der Waals surface area (Å²) in [5.41, 5.74) is -1.49. The summed E-state index contributed by atoms with van der Waals surface area (Å²) < 4.78 is 79.8. The first-order chi connectivity index (χ1) is 25.1. The molecule has 5 rings (SSSR count). The van der Waals surface area contributed by atoms with Crippen molar-refractivity contribution in [2.45, 2.75) is 89.2 Å². The quantitative estimate of drug-likeness (QED) is 0.0633. The van der Waals surface area contributed by atoms with Gasteiger partial charge in [0.15, 0.2) is 5.69 Å². The Labute approximate surface area is 309 Å². The number of anilines is 1. The molecule has 10 nitrogen and oxygen atoms in total. The third kappa shape index (κ3) is 10.1. The number of alkyl carbamates (subject to hydrolysis) is 1. The second-order valence-corrected chi connectivity index (χ2v) is 16.1. The molecule has 0 bridgehead atoms. The number of nitrogens with one attached hydrogen (secondary N) is 3. The van der Waals surface area contributed by atoms with Crippen molar-refractivity contribution in [3.05, 3.63) is 107 Å². The maximum Gasteiger partial charge on any atom is 0.435 e. The van der Waals surface area contributed by atoms with E-state index in [0.29, 0.717) is 41.5 Å². The van der Waals surface area contributed by atoms with Gasteiger partial charge in [-0.15, -0.1) is 4.72 Å². The SMILES string of the molecule is CCCCOC(=O)NCc1cccc(-n2nc(C(F)(F)F)cc2C(=O)Nc2cc(C(CCC3CC3)(N[S@@+]([O-])C(C)(C)C)c3cccnc3)ccc2F)c1. The van der Waals surface area contributed by atoms with Crippen LogP contribution in [0, 0.1) is 11.7 Å². The van der Waals surface area contributed by atoms with Crippen molar-refractivity contribution in [2.24, 2.45) is 5.92 Å². The molecule has 2 aromatic carbocycles. The molecule has 0 saturated heterocycles. The summed E-state index contributed by atoms with van der Waals surface area (Å²) in [6.07, 6.45) is 2.64. The van der Waals surface area contributed by atoms with Crippen LogP contribution in [0.2, 0.25) is 0 Å². The molecule has 53 heavy (non-hydrogen) atoms. The fourth-order valence-electron chi connectivity index (χ4n) is 5.66. The molecule has 0 spiro atoms. The molecule has 0 aliphatic heterocycles. The summed E-state index contributed by atoms with van der Waals surface area (Å²) in [7, 11) is 0. The summed E-state index contributed by atoms with van der Waals surface area (Å²) in [4.78, 5) is 30.2. The molecule has 15 heteroatoms. The van der Waals surface area contributed by atoms with Crippen LogP contribution in [-0.4, -0.2) is 42.7 Å². The van der Waals surface area contributed by atoms with Crippen LogP contribution in [0.25, 0.3) is 5.69 Å². The summed E-state index contributed by atoms with van der Waals surface area (Å²) >= 11 is -1.60. The van der Waals surface area contributed by atoms with Crippen molar-refractivity contribution in [1.29, 1.82) is 0 Å². The zero-order valence-electron chi connectivity index (χ0n) is 30.1. The highest BCUT2D eigenvalue weighted by Gasteiger charge is 2.44. The summed E-state index contributed by atoms with van der Waals surface area (Å²) in [5.74, 6) is -1.40. The van der Waals surface area contributed by atoms with Crippen LogP contribution in [0.4, 0.5) is 28.0 Å². The minimum atomic E-state index is -4.90. The first-order valence-electron chi connectivity index (χ1n) is 17.5. The minimum Gasteiger partial charge on any atom is -0.598 e. The van der Waals surface area contributed by atoms with E-state index in [1.54, 1.807) is 36.7 Å². The summed E-state index contributed by atoms with van der Waals surface area (Å²) in [6.45, 7) is 7.68. The Kier molecular flexibility index (Phi) is 12.5. The van der Waals surface area contributed by atoms with Crippen LogP contribution in [-0.2, 0) is 34.4 Å². The van der Waals surface area contributed by atoms with Gasteiger partial charge in [-0.25, -0.2) is 13.9 Å². The van der Waals surface area contributed by atoms with Gasteiger partial charge >= 0.3 is 12.3 Å². The molecular formula is C38H44F4N6O4S. The number of hydrogen-bond acceptors (Lipinski definition) is 7. The topological polar surface area (TPSA) is 133 Å². The van der Waals surface area contributed by atoms with Crippen LogP contribution in [0.5, 0.6) is 0 Å². The monoisotopic (exact) mass is 756 g/mol. The Morgan fingerprint density at radius 2 is 1.81 bits per heavy atom. The van der Waals surface area contributed by atoms with Gasteiger partial charge in [0.2, 0.25) is 0 Å². The zero-order valence-corrected chi connectivity index (χ0v) is 30.9. The number of nitrogens with zero attached hydrogens (tertiary/aromatic N) is 3. The number of hydrogen-bond donors (Lipinski definition) is 3. The molecule has 2 heterocycles. The number of carbonyl (C=O) groups excluding carboxylic acids is 2. The Morgan fingerprint density at radius 3 is 2.47 bits per heavy atom. The first kappa shape index (κ1) is 39.7. The maximum atomic E-state index is 15.6. The molecule has 1 saturated carbocycles. The van der Waals surface area contributed by atoms with E-state index in [2.05, 4.69) is 25.4 Å². The van der Waals surface area contributed by atoms with Crippen molar-refractivity contribution in [3.8, 4) is 5.69 Å². The fraction of sp³-hybridized carbons (Fsp3) is 0.421. The van der Waals surface area contributed by atoms with E-state index in [1.807, 2.05) is 33.8 Å². The third-order valence-corrected chi connectivity index (χ3v) is 10.5. The standard InChI is InChI=1S/C38H44F4N6O4S/c1-5-6-19-52-35(50)44-23-26-9-7-11-29(20-26)48-32(22-33(46-48)38(40,41)42)34(49)45-31-21-27(14-15-30(31)39)37(17-16-25-12-13-25,28-10-8-18-43-24-28)47-53(51)36(2,3)4/h7-11,14-15,18,20-22,24-25,47H,5-6,12-13,16-17,19,23H2,1-4H3,(H,44,50)(H,45,49)/t37?,53-/m0/s1. The van der Waals surface area contributed by atoms with Crippen molar-refractivity contribution in [2.75, 3.05) is 11.9 Å². The van der Waals surface area contributed by atoms with E-state index in [1.165, 1.54) is 18.2 Å². The van der Waals surface area contributed by atoms with Gasteiger partial charge in [-0.2, -0.15) is 18.3 Å². The highest BCUT2D eigenvalue weighted by Crippen LogP contribution is 2.43. The largest absolute Gasteiger partial charge is 0.598 e. The Balaban J connectivity index is 1.50. The van der Waals surface area contributed by atoms with E-state index >= 15 is 4.39 Å². The second kappa shape index (κ2) is 16.7. The summed E-state index contributed by atoms with van der Waals surface area (Å²) in [6, 6.07) is 14.4. The second-order valence-electron chi connectivity index (χ2n) is 14.1. The lowest BCUT2D eigenvalue weighted by atomic mass is 9.80. The highest BCUT2D eigenvalue weighted by atomic mass is 32.2. The molecule has 4 aromatic rings. The van der Waals surface area contributed by atoms with Crippen LogP contribution >= 0.6 is 0 Å². The number of aromatic nitrogens is 3. The number of carbonyl (C=O) groups is 2. The molecule has 2 atom stereocenters. The van der Waals surface area contributed by atoms with Gasteiger partial charge in [0.25, 0.3) is 5.91 Å². The smallest absolute Gasteiger partial charge is 0.435 e. The maximum absolute atomic E-state index is 15.6. The van der Waals surface area contributed by atoms with Crippen LogP contribution in [0.3, 0.4) is 0 Å². The molecule has 2 aromatic heterocycles. The number of amides is 2. The number of halogens is 4. The minimum absolute atomic E-state index is 0.000797. The van der Waals surface area contributed by atoms with Crippen LogP contribution < -0.4 is 15.4 Å². The Bertz CT molecular complexity index is 1880. The number of rotatable bonds is 15. The first-order valence-corrected chi connectivity index (χ1v) is 18.6.